The van der Waals surface area contributed by atoms with Crippen molar-refractivity contribution >= 4 is 48.8 Å². The van der Waals surface area contributed by atoms with Gasteiger partial charge in [0, 0.05) is 49.1 Å². The SMILES string of the molecule is CN(C)S(=O)(=O)c1ccc(N2CCCC2)c(-c2cc3ncc(Br)cc3n2C(=O)OC(C)(C)C)c1. The summed E-state index contributed by atoms with van der Waals surface area (Å²) in [7, 11) is -0.675. The van der Waals surface area contributed by atoms with Gasteiger partial charge < -0.3 is 9.64 Å². The molecule has 0 amide bonds. The van der Waals surface area contributed by atoms with E-state index in [0.29, 0.717) is 22.3 Å². The van der Waals surface area contributed by atoms with Crippen LogP contribution in [0.2, 0.25) is 0 Å². The Morgan fingerprint density at radius 2 is 1.79 bits per heavy atom. The molecule has 3 heterocycles. The van der Waals surface area contributed by atoms with Gasteiger partial charge in [0.1, 0.15) is 5.60 Å². The number of fused-ring (bicyclic) bond motifs is 1. The highest BCUT2D eigenvalue weighted by Gasteiger charge is 2.28. The molecule has 1 saturated heterocycles. The van der Waals surface area contributed by atoms with E-state index in [1.165, 1.54) is 23.0 Å². The molecule has 0 aliphatic carbocycles. The van der Waals surface area contributed by atoms with Crippen molar-refractivity contribution in [3.05, 3.63) is 41.0 Å². The van der Waals surface area contributed by atoms with Crippen LogP contribution < -0.4 is 4.90 Å². The highest BCUT2D eigenvalue weighted by molar-refractivity contribution is 9.10. The van der Waals surface area contributed by atoms with E-state index in [2.05, 4.69) is 25.8 Å². The van der Waals surface area contributed by atoms with Gasteiger partial charge in [-0.25, -0.2) is 22.1 Å². The number of ether oxygens (including phenoxy) is 1. The Kier molecular flexibility index (Phi) is 6.52. The summed E-state index contributed by atoms with van der Waals surface area (Å²) in [6, 6.07) is 8.73. The quantitative estimate of drug-likeness (QED) is 0.451. The van der Waals surface area contributed by atoms with Gasteiger partial charge in [0.2, 0.25) is 10.0 Å². The van der Waals surface area contributed by atoms with Gasteiger partial charge in [-0.05, 0) is 79.9 Å². The zero-order valence-corrected chi connectivity index (χ0v) is 22.4. The van der Waals surface area contributed by atoms with Crippen LogP contribution in [0.3, 0.4) is 0 Å². The molecule has 0 N–H and O–H groups in total. The molecular weight excluding hydrogens is 520 g/mol. The van der Waals surface area contributed by atoms with E-state index in [4.69, 9.17) is 4.74 Å². The van der Waals surface area contributed by atoms with E-state index in [9.17, 15) is 13.2 Å². The molecule has 10 heteroatoms. The lowest BCUT2D eigenvalue weighted by molar-refractivity contribution is 0.0547. The number of carbonyl (C=O) groups excluding carboxylic acids is 1. The molecule has 3 aromatic rings. The maximum atomic E-state index is 13.4. The molecule has 0 saturated carbocycles. The average Bonchev–Trinajstić information content (AvgIpc) is 3.39. The molecule has 8 nitrogen and oxygen atoms in total. The van der Waals surface area contributed by atoms with Crippen LogP contribution >= 0.6 is 15.9 Å². The predicted molar refractivity (Wildman–Crippen MR) is 137 cm³/mol. The van der Waals surface area contributed by atoms with Gasteiger partial charge in [0.25, 0.3) is 0 Å². The first kappa shape index (κ1) is 24.7. The first-order chi connectivity index (χ1) is 15.9. The Morgan fingerprint density at radius 3 is 2.41 bits per heavy atom. The number of anilines is 1. The Bertz CT molecular complexity index is 1350. The number of hydrogen-bond donors (Lipinski definition) is 0. The molecule has 34 heavy (non-hydrogen) atoms. The van der Waals surface area contributed by atoms with E-state index < -0.39 is 21.7 Å². The fraction of sp³-hybridized carbons (Fsp3) is 0.417. The zero-order valence-electron chi connectivity index (χ0n) is 20.0. The van der Waals surface area contributed by atoms with Crippen LogP contribution in [-0.4, -0.2) is 61.2 Å². The number of pyridine rings is 1. The molecule has 1 aliphatic rings. The lowest BCUT2D eigenvalue weighted by Crippen LogP contribution is -2.28. The summed E-state index contributed by atoms with van der Waals surface area (Å²) in [5.41, 5.74) is 2.53. The number of hydrogen-bond acceptors (Lipinski definition) is 6. The summed E-state index contributed by atoms with van der Waals surface area (Å²) in [6.45, 7) is 7.16. The average molecular weight is 549 g/mol. The fourth-order valence-electron chi connectivity index (χ4n) is 4.08. The Balaban J connectivity index is 2.02. The topological polar surface area (TPSA) is 84.7 Å². The second kappa shape index (κ2) is 8.98. The number of carbonyl (C=O) groups is 1. The molecule has 1 aliphatic heterocycles. The Labute approximate surface area is 208 Å². The van der Waals surface area contributed by atoms with Gasteiger partial charge >= 0.3 is 6.09 Å². The fourth-order valence-corrected chi connectivity index (χ4v) is 5.33. The van der Waals surface area contributed by atoms with Crippen molar-refractivity contribution in [2.75, 3.05) is 32.1 Å². The van der Waals surface area contributed by atoms with Gasteiger partial charge in [-0.15, -0.1) is 0 Å². The monoisotopic (exact) mass is 548 g/mol. The molecule has 2 aromatic heterocycles. The Morgan fingerprint density at radius 1 is 1.12 bits per heavy atom. The molecule has 182 valence electrons. The van der Waals surface area contributed by atoms with Crippen molar-refractivity contribution in [3.63, 3.8) is 0 Å². The van der Waals surface area contributed by atoms with Gasteiger partial charge in [-0.1, -0.05) is 0 Å². The predicted octanol–water partition coefficient (Wildman–Crippen LogP) is 5.10. The maximum Gasteiger partial charge on any atom is 0.419 e. The normalized spacial score (nSPS) is 14.9. The minimum absolute atomic E-state index is 0.158. The van der Waals surface area contributed by atoms with E-state index in [-0.39, 0.29) is 4.90 Å². The molecule has 1 fully saturated rings. The number of benzene rings is 1. The van der Waals surface area contributed by atoms with Crippen LogP contribution in [0.25, 0.3) is 22.3 Å². The summed E-state index contributed by atoms with van der Waals surface area (Å²) in [5.74, 6) is 0. The van der Waals surface area contributed by atoms with Crippen LogP contribution in [0, 0.1) is 0 Å². The summed E-state index contributed by atoms with van der Waals surface area (Å²) in [6.07, 6.45) is 3.23. The minimum Gasteiger partial charge on any atom is -0.443 e. The van der Waals surface area contributed by atoms with E-state index in [0.717, 1.165) is 36.1 Å². The maximum absolute atomic E-state index is 13.4. The number of sulfonamides is 1. The van der Waals surface area contributed by atoms with Crippen LogP contribution in [0.15, 0.2) is 45.9 Å². The molecule has 0 atom stereocenters. The van der Waals surface area contributed by atoms with Crippen LogP contribution in [0.4, 0.5) is 10.5 Å². The number of aromatic nitrogens is 2. The lowest BCUT2D eigenvalue weighted by Gasteiger charge is -2.24. The van der Waals surface area contributed by atoms with Gasteiger partial charge in [-0.3, -0.25) is 4.98 Å². The van der Waals surface area contributed by atoms with Crippen molar-refractivity contribution in [1.82, 2.24) is 13.9 Å². The van der Waals surface area contributed by atoms with Crippen molar-refractivity contribution < 1.29 is 17.9 Å². The Hall–Kier alpha value is -2.43. The van der Waals surface area contributed by atoms with Crippen molar-refractivity contribution in [2.24, 2.45) is 0 Å². The van der Waals surface area contributed by atoms with E-state index in [1.807, 2.05) is 39.0 Å². The number of nitrogens with zero attached hydrogens (tertiary/aromatic N) is 4. The third-order valence-electron chi connectivity index (χ3n) is 5.66. The summed E-state index contributed by atoms with van der Waals surface area (Å²) in [5, 5.41) is 0. The highest BCUT2D eigenvalue weighted by atomic mass is 79.9. The molecule has 4 rings (SSSR count). The second-order valence-electron chi connectivity index (χ2n) is 9.56. The van der Waals surface area contributed by atoms with E-state index >= 15 is 0 Å². The van der Waals surface area contributed by atoms with Crippen molar-refractivity contribution in [1.29, 1.82) is 0 Å². The highest BCUT2D eigenvalue weighted by Crippen LogP contribution is 2.38. The first-order valence-corrected chi connectivity index (χ1v) is 13.3. The van der Waals surface area contributed by atoms with Gasteiger partial charge in [0.05, 0.1) is 21.6 Å². The second-order valence-corrected chi connectivity index (χ2v) is 12.6. The van der Waals surface area contributed by atoms with Gasteiger partial charge in [-0.2, -0.15) is 0 Å². The van der Waals surface area contributed by atoms with Crippen LogP contribution in [0.1, 0.15) is 33.6 Å². The third kappa shape index (κ3) is 4.71. The molecule has 1 aromatic carbocycles. The molecule has 0 radical (unpaired) electrons. The number of rotatable bonds is 4. The minimum atomic E-state index is -3.68. The molecule has 0 unspecified atom stereocenters. The summed E-state index contributed by atoms with van der Waals surface area (Å²) in [4.78, 5) is 20.3. The zero-order chi connectivity index (χ0) is 24.8. The standard InChI is InChI=1S/C24H29BrN4O4S/c1-24(2,3)33-23(30)29-21(14-19-22(29)12-16(25)15-26-19)18-13-17(34(31,32)27(4)5)8-9-20(18)28-10-6-7-11-28/h8-9,12-15H,6-7,10-11H2,1-5H3. The van der Waals surface area contributed by atoms with Crippen LogP contribution in [-0.2, 0) is 14.8 Å². The van der Waals surface area contributed by atoms with E-state index in [1.54, 1.807) is 18.3 Å². The number of halogens is 1. The van der Waals surface area contributed by atoms with Crippen molar-refractivity contribution in [3.8, 4) is 11.3 Å². The first-order valence-electron chi connectivity index (χ1n) is 11.1. The largest absolute Gasteiger partial charge is 0.443 e. The molecule has 0 spiro atoms. The molecular formula is C24H29BrN4O4S. The van der Waals surface area contributed by atoms with Gasteiger partial charge in [0.15, 0.2) is 0 Å². The van der Waals surface area contributed by atoms with Crippen molar-refractivity contribution in [2.45, 2.75) is 44.1 Å². The third-order valence-corrected chi connectivity index (χ3v) is 7.91. The lowest BCUT2D eigenvalue weighted by atomic mass is 10.1. The smallest absolute Gasteiger partial charge is 0.419 e. The molecule has 0 bridgehead atoms. The summed E-state index contributed by atoms with van der Waals surface area (Å²) >= 11 is 3.44. The summed E-state index contributed by atoms with van der Waals surface area (Å²) < 4.78 is 35.1. The van der Waals surface area contributed by atoms with Crippen LogP contribution in [0.5, 0.6) is 0 Å².